The number of pyridine rings is 1. The lowest BCUT2D eigenvalue weighted by Crippen LogP contribution is -2.28. The van der Waals surface area contributed by atoms with Crippen molar-refractivity contribution in [2.24, 2.45) is 5.92 Å². The van der Waals surface area contributed by atoms with Gasteiger partial charge in [0.25, 0.3) is 5.91 Å². The first-order valence-corrected chi connectivity index (χ1v) is 6.24. The lowest BCUT2D eigenvalue weighted by Gasteiger charge is -2.10. The van der Waals surface area contributed by atoms with Crippen LogP contribution in [-0.4, -0.2) is 17.4 Å². The van der Waals surface area contributed by atoms with Crippen LogP contribution in [0.3, 0.4) is 0 Å². The SMILES string of the molecule is Nc1cc(C(=O)NCC2CCCC2)cc(Cl)n1. The molecular formula is C12H16ClN3O. The normalized spacial score (nSPS) is 16.1. The van der Waals surface area contributed by atoms with Crippen LogP contribution in [0, 0.1) is 5.92 Å². The molecule has 1 saturated carbocycles. The minimum absolute atomic E-state index is 0.132. The van der Waals surface area contributed by atoms with Gasteiger partial charge in [-0.3, -0.25) is 4.79 Å². The van der Waals surface area contributed by atoms with Crippen molar-refractivity contribution in [3.8, 4) is 0 Å². The van der Waals surface area contributed by atoms with Crippen molar-refractivity contribution in [2.45, 2.75) is 25.7 Å². The van der Waals surface area contributed by atoms with Crippen molar-refractivity contribution in [1.82, 2.24) is 10.3 Å². The highest BCUT2D eigenvalue weighted by Crippen LogP contribution is 2.23. The van der Waals surface area contributed by atoms with Gasteiger partial charge in [-0.2, -0.15) is 0 Å². The molecule has 17 heavy (non-hydrogen) atoms. The van der Waals surface area contributed by atoms with E-state index < -0.39 is 0 Å². The zero-order valence-electron chi connectivity index (χ0n) is 9.58. The maximum Gasteiger partial charge on any atom is 0.251 e. The predicted octanol–water partition coefficient (Wildman–Crippen LogP) is 2.24. The zero-order chi connectivity index (χ0) is 12.3. The van der Waals surface area contributed by atoms with E-state index in [1.165, 1.54) is 37.8 Å². The van der Waals surface area contributed by atoms with Crippen LogP contribution in [0.15, 0.2) is 12.1 Å². The number of aromatic nitrogens is 1. The first kappa shape index (κ1) is 12.2. The molecule has 0 bridgehead atoms. The lowest BCUT2D eigenvalue weighted by atomic mass is 10.1. The molecule has 2 rings (SSSR count). The topological polar surface area (TPSA) is 68.0 Å². The minimum Gasteiger partial charge on any atom is -0.384 e. The quantitative estimate of drug-likeness (QED) is 0.812. The van der Waals surface area contributed by atoms with Crippen molar-refractivity contribution in [2.75, 3.05) is 12.3 Å². The van der Waals surface area contributed by atoms with Crippen molar-refractivity contribution >= 4 is 23.3 Å². The van der Waals surface area contributed by atoms with Crippen LogP contribution in [0.5, 0.6) is 0 Å². The monoisotopic (exact) mass is 253 g/mol. The zero-order valence-corrected chi connectivity index (χ0v) is 10.3. The second-order valence-corrected chi connectivity index (χ2v) is 4.85. The van der Waals surface area contributed by atoms with Gasteiger partial charge < -0.3 is 11.1 Å². The number of hydrogen-bond donors (Lipinski definition) is 2. The Morgan fingerprint density at radius 1 is 1.47 bits per heavy atom. The number of amides is 1. The van der Waals surface area contributed by atoms with Gasteiger partial charge in [-0.25, -0.2) is 4.98 Å². The average molecular weight is 254 g/mol. The highest BCUT2D eigenvalue weighted by molar-refractivity contribution is 6.29. The molecule has 4 nitrogen and oxygen atoms in total. The number of anilines is 1. The molecule has 0 radical (unpaired) electrons. The largest absolute Gasteiger partial charge is 0.384 e. The molecule has 0 atom stereocenters. The summed E-state index contributed by atoms with van der Waals surface area (Å²) < 4.78 is 0. The van der Waals surface area contributed by atoms with E-state index in [0.29, 0.717) is 11.5 Å². The van der Waals surface area contributed by atoms with Crippen LogP contribution < -0.4 is 11.1 Å². The Morgan fingerprint density at radius 2 is 2.18 bits per heavy atom. The Hall–Kier alpha value is -1.29. The van der Waals surface area contributed by atoms with Gasteiger partial charge in [0.1, 0.15) is 11.0 Å². The van der Waals surface area contributed by atoms with E-state index in [4.69, 9.17) is 17.3 Å². The Kier molecular flexibility index (Phi) is 3.84. The third kappa shape index (κ3) is 3.33. The number of carbonyl (C=O) groups excluding carboxylic acids is 1. The Labute approximate surface area is 106 Å². The fraction of sp³-hybridized carbons (Fsp3) is 0.500. The number of nitrogen functional groups attached to an aromatic ring is 1. The second-order valence-electron chi connectivity index (χ2n) is 4.46. The fourth-order valence-electron chi connectivity index (χ4n) is 2.20. The van der Waals surface area contributed by atoms with E-state index in [-0.39, 0.29) is 16.9 Å². The summed E-state index contributed by atoms with van der Waals surface area (Å²) in [5.41, 5.74) is 6.01. The third-order valence-corrected chi connectivity index (χ3v) is 3.30. The molecule has 1 aromatic rings. The smallest absolute Gasteiger partial charge is 0.251 e. The van der Waals surface area contributed by atoms with E-state index in [0.717, 1.165) is 6.54 Å². The molecule has 0 saturated heterocycles. The van der Waals surface area contributed by atoms with Crippen molar-refractivity contribution in [3.63, 3.8) is 0 Å². The molecule has 1 heterocycles. The van der Waals surface area contributed by atoms with Gasteiger partial charge in [-0.15, -0.1) is 0 Å². The van der Waals surface area contributed by atoms with E-state index in [1.807, 2.05) is 0 Å². The number of nitrogens with one attached hydrogen (secondary N) is 1. The molecule has 0 spiro atoms. The van der Waals surface area contributed by atoms with Crippen molar-refractivity contribution < 1.29 is 4.79 Å². The molecule has 1 aliphatic carbocycles. The van der Waals surface area contributed by atoms with E-state index in [9.17, 15) is 4.79 Å². The van der Waals surface area contributed by atoms with Gasteiger partial charge in [0.05, 0.1) is 0 Å². The van der Waals surface area contributed by atoms with Gasteiger partial charge in [0.2, 0.25) is 0 Å². The maximum absolute atomic E-state index is 11.9. The van der Waals surface area contributed by atoms with Crippen molar-refractivity contribution in [1.29, 1.82) is 0 Å². The standard InChI is InChI=1S/C12H16ClN3O/c13-10-5-9(6-11(14)16-10)12(17)15-7-8-3-1-2-4-8/h5-6,8H,1-4,7H2,(H2,14,16)(H,15,17). The van der Waals surface area contributed by atoms with E-state index >= 15 is 0 Å². The molecule has 0 unspecified atom stereocenters. The molecule has 3 N–H and O–H groups in total. The Morgan fingerprint density at radius 3 is 2.82 bits per heavy atom. The van der Waals surface area contributed by atoms with E-state index in [1.54, 1.807) is 0 Å². The summed E-state index contributed by atoms with van der Waals surface area (Å²) in [5.74, 6) is 0.755. The highest BCUT2D eigenvalue weighted by atomic mass is 35.5. The van der Waals surface area contributed by atoms with Crippen molar-refractivity contribution in [3.05, 3.63) is 22.8 Å². The number of rotatable bonds is 3. The molecule has 1 amide bonds. The summed E-state index contributed by atoms with van der Waals surface area (Å²) in [6.07, 6.45) is 4.96. The van der Waals surface area contributed by atoms with Crippen LogP contribution in [-0.2, 0) is 0 Å². The number of nitrogens with zero attached hydrogens (tertiary/aromatic N) is 1. The summed E-state index contributed by atoms with van der Waals surface area (Å²) in [6, 6.07) is 3.07. The van der Waals surface area contributed by atoms with Gasteiger partial charge >= 0.3 is 0 Å². The fourth-order valence-corrected chi connectivity index (χ4v) is 2.42. The molecule has 0 aromatic carbocycles. The van der Waals surface area contributed by atoms with Crippen LogP contribution in [0.25, 0.3) is 0 Å². The van der Waals surface area contributed by atoms with Crippen LogP contribution >= 0.6 is 11.6 Å². The summed E-state index contributed by atoms with van der Waals surface area (Å²) >= 11 is 5.75. The maximum atomic E-state index is 11.9. The molecule has 1 fully saturated rings. The summed E-state index contributed by atoms with van der Waals surface area (Å²) in [6.45, 7) is 0.735. The number of nitrogens with two attached hydrogens (primary N) is 1. The number of hydrogen-bond acceptors (Lipinski definition) is 3. The Bertz CT molecular complexity index is 396. The molecule has 1 aliphatic rings. The summed E-state index contributed by atoms with van der Waals surface area (Å²) in [4.78, 5) is 15.7. The van der Waals surface area contributed by atoms with E-state index in [2.05, 4.69) is 10.3 Å². The number of carbonyl (C=O) groups is 1. The lowest BCUT2D eigenvalue weighted by molar-refractivity contribution is 0.0947. The van der Waals surface area contributed by atoms with Gasteiger partial charge in [0.15, 0.2) is 0 Å². The second kappa shape index (κ2) is 5.36. The molecule has 5 heteroatoms. The molecule has 92 valence electrons. The van der Waals surface area contributed by atoms with Gasteiger partial charge in [-0.1, -0.05) is 24.4 Å². The summed E-state index contributed by atoms with van der Waals surface area (Å²) in [5, 5.41) is 3.16. The minimum atomic E-state index is -0.132. The molecule has 1 aromatic heterocycles. The highest BCUT2D eigenvalue weighted by Gasteiger charge is 2.16. The first-order valence-electron chi connectivity index (χ1n) is 5.86. The van der Waals surface area contributed by atoms with Crippen LogP contribution in [0.2, 0.25) is 5.15 Å². The number of halogens is 1. The Balaban J connectivity index is 1.94. The summed E-state index contributed by atoms with van der Waals surface area (Å²) in [7, 11) is 0. The van der Waals surface area contributed by atoms with Gasteiger partial charge in [-0.05, 0) is 30.9 Å². The molecule has 0 aliphatic heterocycles. The predicted molar refractivity (Wildman–Crippen MR) is 68.0 cm³/mol. The first-order chi connectivity index (χ1) is 8.15. The third-order valence-electron chi connectivity index (χ3n) is 3.10. The van der Waals surface area contributed by atoms with Gasteiger partial charge in [0, 0.05) is 12.1 Å². The molecular weight excluding hydrogens is 238 g/mol. The van der Waals surface area contributed by atoms with Crippen LogP contribution in [0.1, 0.15) is 36.0 Å². The van der Waals surface area contributed by atoms with Crippen LogP contribution in [0.4, 0.5) is 5.82 Å². The average Bonchev–Trinajstić information content (AvgIpc) is 2.77.